The Labute approximate surface area is 155 Å². The third kappa shape index (κ3) is 4.38. The summed E-state index contributed by atoms with van der Waals surface area (Å²) >= 11 is 0. The Morgan fingerprint density at radius 2 is 2.08 bits per heavy atom. The highest BCUT2D eigenvalue weighted by Crippen LogP contribution is 2.32. The van der Waals surface area contributed by atoms with Crippen LogP contribution >= 0.6 is 0 Å². The van der Waals surface area contributed by atoms with Crippen molar-refractivity contribution in [3.63, 3.8) is 0 Å². The van der Waals surface area contributed by atoms with Gasteiger partial charge >= 0.3 is 0 Å². The summed E-state index contributed by atoms with van der Waals surface area (Å²) in [6.07, 6.45) is 6.53. The maximum atomic E-state index is 12.4. The molecule has 0 saturated carbocycles. The summed E-state index contributed by atoms with van der Waals surface area (Å²) < 4.78 is 11.5. The summed E-state index contributed by atoms with van der Waals surface area (Å²) in [5, 5.41) is 6.75. The number of carbonyl (C=O) groups is 1. The standard InChI is InChI=1S/C21H30N2O3/c1-14-2-3-16(20(8-14)26-19-6-7-25-13-19)12-22-21(24)11-15-9-17-4-5-18(10-15)23-17/h2-3,8,15,17-19,23H,4-7,9-13H2,1H3,(H,22,24). The Morgan fingerprint density at radius 1 is 1.27 bits per heavy atom. The molecule has 3 unspecified atom stereocenters. The van der Waals surface area contributed by atoms with Gasteiger partial charge in [-0.05, 0) is 50.2 Å². The lowest BCUT2D eigenvalue weighted by atomic mass is 9.89. The molecule has 0 radical (unpaired) electrons. The van der Waals surface area contributed by atoms with Gasteiger partial charge in [-0.1, -0.05) is 12.1 Å². The van der Waals surface area contributed by atoms with Gasteiger partial charge in [-0.2, -0.15) is 0 Å². The van der Waals surface area contributed by atoms with Crippen molar-refractivity contribution in [2.45, 2.75) is 70.2 Å². The lowest BCUT2D eigenvalue weighted by Gasteiger charge is -2.28. The van der Waals surface area contributed by atoms with E-state index >= 15 is 0 Å². The first kappa shape index (κ1) is 17.8. The van der Waals surface area contributed by atoms with E-state index in [1.54, 1.807) is 0 Å². The number of rotatable bonds is 6. The zero-order valence-corrected chi connectivity index (χ0v) is 15.6. The van der Waals surface area contributed by atoms with Crippen LogP contribution in [0.3, 0.4) is 0 Å². The van der Waals surface area contributed by atoms with Gasteiger partial charge in [-0.15, -0.1) is 0 Å². The Morgan fingerprint density at radius 3 is 2.81 bits per heavy atom. The highest BCUT2D eigenvalue weighted by molar-refractivity contribution is 5.76. The van der Waals surface area contributed by atoms with Crippen molar-refractivity contribution in [3.05, 3.63) is 29.3 Å². The smallest absolute Gasteiger partial charge is 0.220 e. The Hall–Kier alpha value is -1.59. The van der Waals surface area contributed by atoms with Crippen molar-refractivity contribution in [1.82, 2.24) is 10.6 Å². The quantitative estimate of drug-likeness (QED) is 0.821. The minimum absolute atomic E-state index is 0.122. The molecule has 26 heavy (non-hydrogen) atoms. The molecule has 0 spiro atoms. The second kappa shape index (κ2) is 7.97. The monoisotopic (exact) mass is 358 g/mol. The molecule has 3 aliphatic heterocycles. The van der Waals surface area contributed by atoms with Gasteiger partial charge in [-0.25, -0.2) is 0 Å². The molecule has 2 N–H and O–H groups in total. The van der Waals surface area contributed by atoms with E-state index in [-0.39, 0.29) is 12.0 Å². The lowest BCUT2D eigenvalue weighted by molar-refractivity contribution is -0.122. The molecule has 1 aromatic carbocycles. The van der Waals surface area contributed by atoms with Crippen LogP contribution in [0.5, 0.6) is 5.75 Å². The van der Waals surface area contributed by atoms with Crippen molar-refractivity contribution >= 4 is 5.91 Å². The second-order valence-electron chi connectivity index (χ2n) is 8.17. The summed E-state index contributed by atoms with van der Waals surface area (Å²) in [7, 11) is 0. The molecule has 142 valence electrons. The predicted molar refractivity (Wildman–Crippen MR) is 100 cm³/mol. The van der Waals surface area contributed by atoms with E-state index in [4.69, 9.17) is 9.47 Å². The van der Waals surface area contributed by atoms with Crippen LogP contribution in [0, 0.1) is 12.8 Å². The average molecular weight is 358 g/mol. The van der Waals surface area contributed by atoms with Gasteiger partial charge in [0, 0.05) is 37.0 Å². The molecular weight excluding hydrogens is 328 g/mol. The minimum atomic E-state index is 0.122. The lowest BCUT2D eigenvalue weighted by Crippen LogP contribution is -2.39. The Balaban J connectivity index is 1.31. The first-order chi connectivity index (χ1) is 12.7. The Bertz CT molecular complexity index is 630. The van der Waals surface area contributed by atoms with E-state index in [0.29, 0.717) is 37.6 Å². The van der Waals surface area contributed by atoms with Gasteiger partial charge in [0.15, 0.2) is 0 Å². The van der Waals surface area contributed by atoms with Crippen LogP contribution in [0.2, 0.25) is 0 Å². The molecule has 5 nitrogen and oxygen atoms in total. The van der Waals surface area contributed by atoms with Crippen LogP contribution in [0.4, 0.5) is 0 Å². The van der Waals surface area contributed by atoms with Gasteiger partial charge in [0.2, 0.25) is 5.91 Å². The molecule has 3 saturated heterocycles. The van der Waals surface area contributed by atoms with Gasteiger partial charge < -0.3 is 20.1 Å². The number of benzene rings is 1. The predicted octanol–water partition coefficient (Wildman–Crippen LogP) is 2.70. The minimum Gasteiger partial charge on any atom is -0.488 e. The van der Waals surface area contributed by atoms with Crippen molar-refractivity contribution in [3.8, 4) is 5.75 Å². The number of fused-ring (bicyclic) bond motifs is 2. The molecule has 4 rings (SSSR count). The van der Waals surface area contributed by atoms with Crippen LogP contribution in [-0.4, -0.2) is 37.3 Å². The fourth-order valence-corrected chi connectivity index (χ4v) is 4.57. The summed E-state index contributed by atoms with van der Waals surface area (Å²) in [5.41, 5.74) is 2.21. The van der Waals surface area contributed by atoms with Crippen molar-refractivity contribution in [2.75, 3.05) is 13.2 Å². The van der Waals surface area contributed by atoms with Crippen LogP contribution in [0.15, 0.2) is 18.2 Å². The number of nitrogens with one attached hydrogen (secondary N) is 2. The topological polar surface area (TPSA) is 59.6 Å². The van der Waals surface area contributed by atoms with Gasteiger partial charge in [0.1, 0.15) is 11.9 Å². The third-order valence-electron chi connectivity index (χ3n) is 5.92. The number of aryl methyl sites for hydroxylation is 1. The van der Waals surface area contributed by atoms with Gasteiger partial charge in [-0.3, -0.25) is 4.79 Å². The van der Waals surface area contributed by atoms with E-state index in [1.807, 2.05) is 0 Å². The highest BCUT2D eigenvalue weighted by Gasteiger charge is 2.34. The molecular formula is C21H30N2O3. The number of carbonyl (C=O) groups excluding carboxylic acids is 1. The normalized spacial score (nSPS) is 30.3. The molecule has 3 heterocycles. The number of hydrogen-bond donors (Lipinski definition) is 2. The molecule has 3 fully saturated rings. The number of amides is 1. The van der Waals surface area contributed by atoms with Crippen LogP contribution < -0.4 is 15.4 Å². The van der Waals surface area contributed by atoms with Gasteiger partial charge in [0.25, 0.3) is 0 Å². The molecule has 3 aliphatic rings. The summed E-state index contributed by atoms with van der Waals surface area (Å²) in [5.74, 6) is 1.56. The molecule has 1 amide bonds. The molecule has 5 heteroatoms. The SMILES string of the molecule is Cc1ccc(CNC(=O)CC2CC3CCC(C2)N3)c(OC2CCOC2)c1. The second-order valence-corrected chi connectivity index (χ2v) is 8.17. The van der Waals surface area contributed by atoms with E-state index in [9.17, 15) is 4.79 Å². The fourth-order valence-electron chi connectivity index (χ4n) is 4.57. The number of hydrogen-bond acceptors (Lipinski definition) is 4. The van der Waals surface area contributed by atoms with E-state index in [0.717, 1.165) is 37.2 Å². The van der Waals surface area contributed by atoms with E-state index < -0.39 is 0 Å². The van der Waals surface area contributed by atoms with Crippen molar-refractivity contribution in [2.24, 2.45) is 5.92 Å². The largest absolute Gasteiger partial charge is 0.488 e. The van der Waals surface area contributed by atoms with Gasteiger partial charge in [0.05, 0.1) is 13.2 Å². The first-order valence-corrected chi connectivity index (χ1v) is 10.0. The maximum Gasteiger partial charge on any atom is 0.220 e. The molecule has 2 bridgehead atoms. The fraction of sp³-hybridized carbons (Fsp3) is 0.667. The van der Waals surface area contributed by atoms with E-state index in [2.05, 4.69) is 35.8 Å². The summed E-state index contributed by atoms with van der Waals surface area (Å²) in [6, 6.07) is 7.47. The summed E-state index contributed by atoms with van der Waals surface area (Å²) in [4.78, 5) is 12.4. The van der Waals surface area contributed by atoms with Crippen LogP contribution in [0.25, 0.3) is 0 Å². The highest BCUT2D eigenvalue weighted by atomic mass is 16.5. The number of ether oxygens (including phenoxy) is 2. The van der Waals surface area contributed by atoms with E-state index in [1.165, 1.54) is 18.4 Å². The zero-order valence-electron chi connectivity index (χ0n) is 15.6. The molecule has 3 atom stereocenters. The first-order valence-electron chi connectivity index (χ1n) is 10.0. The average Bonchev–Trinajstić information content (AvgIpc) is 3.24. The van der Waals surface area contributed by atoms with Crippen molar-refractivity contribution in [1.29, 1.82) is 0 Å². The number of piperidine rings is 1. The maximum absolute atomic E-state index is 12.4. The van der Waals surface area contributed by atoms with Crippen molar-refractivity contribution < 1.29 is 14.3 Å². The molecule has 1 aromatic rings. The summed E-state index contributed by atoms with van der Waals surface area (Å²) in [6.45, 7) is 4.00. The van der Waals surface area contributed by atoms with Crippen LogP contribution in [-0.2, 0) is 16.1 Å². The molecule has 0 aromatic heterocycles. The van der Waals surface area contributed by atoms with Crippen LogP contribution in [0.1, 0.15) is 49.7 Å². The Kier molecular flexibility index (Phi) is 5.46. The molecule has 0 aliphatic carbocycles. The zero-order chi connectivity index (χ0) is 17.9. The third-order valence-corrected chi connectivity index (χ3v) is 5.92.